The number of methoxy groups -OCH3 is 1. The maximum absolute atomic E-state index is 12.5. The summed E-state index contributed by atoms with van der Waals surface area (Å²) in [5, 5.41) is 3.02. The lowest BCUT2D eigenvalue weighted by Crippen LogP contribution is -2.49. The molecule has 0 radical (unpaired) electrons. The Morgan fingerprint density at radius 2 is 2.04 bits per heavy atom. The highest BCUT2D eigenvalue weighted by Crippen LogP contribution is 2.27. The second-order valence-electron chi connectivity index (χ2n) is 6.01. The second kappa shape index (κ2) is 6.72. The normalized spacial score (nSPS) is 27.1. The standard InChI is InChI=1S/C16H22N2O5/c1-18-9-11(13(21-2)8-15(18)19)16(20)17-10-3-4-12-14(7-10)23-6-5-22-12/h8-10,12,14H,3-7H2,1-2H3,(H,17,20)/t10-,12+,14+/m1/s1. The molecule has 1 saturated carbocycles. The van der Waals surface area contributed by atoms with Gasteiger partial charge in [0.25, 0.3) is 11.5 Å². The van der Waals surface area contributed by atoms with E-state index in [4.69, 9.17) is 14.2 Å². The molecule has 1 aliphatic heterocycles. The Balaban J connectivity index is 1.70. The molecule has 0 unspecified atom stereocenters. The zero-order valence-electron chi connectivity index (χ0n) is 13.4. The number of nitrogens with one attached hydrogen (secondary N) is 1. The van der Waals surface area contributed by atoms with Crippen molar-refractivity contribution < 1.29 is 19.0 Å². The molecule has 7 heteroatoms. The lowest BCUT2D eigenvalue weighted by molar-refractivity contribution is -0.157. The molecule has 1 amide bonds. The predicted molar refractivity (Wildman–Crippen MR) is 82.8 cm³/mol. The average Bonchev–Trinajstić information content (AvgIpc) is 2.56. The van der Waals surface area contributed by atoms with Crippen molar-refractivity contribution >= 4 is 5.91 Å². The molecule has 0 aromatic carbocycles. The summed E-state index contributed by atoms with van der Waals surface area (Å²) in [4.78, 5) is 24.2. The van der Waals surface area contributed by atoms with Crippen molar-refractivity contribution in [2.75, 3.05) is 20.3 Å². The van der Waals surface area contributed by atoms with Gasteiger partial charge in [-0.15, -0.1) is 0 Å². The molecule has 1 aromatic heterocycles. The molecule has 2 heterocycles. The zero-order chi connectivity index (χ0) is 16.4. The van der Waals surface area contributed by atoms with Gasteiger partial charge in [-0.2, -0.15) is 0 Å². The summed E-state index contributed by atoms with van der Waals surface area (Å²) < 4.78 is 17.9. The van der Waals surface area contributed by atoms with Crippen LogP contribution in [0.1, 0.15) is 29.6 Å². The van der Waals surface area contributed by atoms with Crippen LogP contribution >= 0.6 is 0 Å². The number of ether oxygens (including phenoxy) is 3. The van der Waals surface area contributed by atoms with E-state index in [2.05, 4.69) is 5.32 Å². The molecule has 1 N–H and O–H groups in total. The fourth-order valence-corrected chi connectivity index (χ4v) is 3.21. The van der Waals surface area contributed by atoms with Crippen LogP contribution in [0, 0.1) is 0 Å². The molecule has 1 saturated heterocycles. The molecule has 1 aliphatic carbocycles. The molecule has 126 valence electrons. The topological polar surface area (TPSA) is 78.8 Å². The summed E-state index contributed by atoms with van der Waals surface area (Å²) in [6.07, 6.45) is 4.16. The van der Waals surface area contributed by atoms with Crippen LogP contribution in [0.3, 0.4) is 0 Å². The molecule has 23 heavy (non-hydrogen) atoms. The van der Waals surface area contributed by atoms with E-state index in [-0.39, 0.29) is 35.5 Å². The van der Waals surface area contributed by atoms with Crippen molar-refractivity contribution in [1.29, 1.82) is 0 Å². The Labute approximate surface area is 134 Å². The summed E-state index contributed by atoms with van der Waals surface area (Å²) in [6, 6.07) is 1.36. The van der Waals surface area contributed by atoms with E-state index in [0.29, 0.717) is 18.8 Å². The van der Waals surface area contributed by atoms with Gasteiger partial charge in [0.15, 0.2) is 0 Å². The Kier molecular flexibility index (Phi) is 4.68. The van der Waals surface area contributed by atoms with Crippen LogP contribution in [0.4, 0.5) is 0 Å². The van der Waals surface area contributed by atoms with Crippen LogP contribution in [0.25, 0.3) is 0 Å². The van der Waals surface area contributed by atoms with Crippen molar-refractivity contribution in [3.8, 4) is 5.75 Å². The first-order valence-electron chi connectivity index (χ1n) is 7.87. The highest BCUT2D eigenvalue weighted by atomic mass is 16.6. The molecule has 0 spiro atoms. The highest BCUT2D eigenvalue weighted by Gasteiger charge is 2.35. The van der Waals surface area contributed by atoms with E-state index in [9.17, 15) is 9.59 Å². The van der Waals surface area contributed by atoms with Crippen molar-refractivity contribution in [2.24, 2.45) is 7.05 Å². The first-order chi connectivity index (χ1) is 11.1. The number of hydrogen-bond acceptors (Lipinski definition) is 5. The number of rotatable bonds is 3. The molecule has 3 atom stereocenters. The Morgan fingerprint density at radius 1 is 1.30 bits per heavy atom. The monoisotopic (exact) mass is 322 g/mol. The van der Waals surface area contributed by atoms with Gasteiger partial charge in [0.2, 0.25) is 0 Å². The molecule has 1 aromatic rings. The minimum Gasteiger partial charge on any atom is -0.496 e. The van der Waals surface area contributed by atoms with Crippen molar-refractivity contribution in [2.45, 2.75) is 37.5 Å². The summed E-state index contributed by atoms with van der Waals surface area (Å²) in [6.45, 7) is 1.25. The second-order valence-corrected chi connectivity index (χ2v) is 6.01. The lowest BCUT2D eigenvalue weighted by Gasteiger charge is -2.39. The first-order valence-corrected chi connectivity index (χ1v) is 7.87. The average molecular weight is 322 g/mol. The fourth-order valence-electron chi connectivity index (χ4n) is 3.21. The van der Waals surface area contributed by atoms with Crippen molar-refractivity contribution in [3.05, 3.63) is 28.2 Å². The van der Waals surface area contributed by atoms with Gasteiger partial charge in [-0.05, 0) is 19.3 Å². The van der Waals surface area contributed by atoms with Crippen LogP contribution in [0.5, 0.6) is 5.75 Å². The van der Waals surface area contributed by atoms with Crippen LogP contribution in [0.2, 0.25) is 0 Å². The molecule has 2 fully saturated rings. The minimum atomic E-state index is -0.238. The molecular formula is C16H22N2O5. The van der Waals surface area contributed by atoms with Crippen LogP contribution < -0.4 is 15.6 Å². The third-order valence-electron chi connectivity index (χ3n) is 4.47. The fraction of sp³-hybridized carbons (Fsp3) is 0.625. The number of carbonyl (C=O) groups excluding carboxylic acids is 1. The van der Waals surface area contributed by atoms with Gasteiger partial charge in [0, 0.05) is 25.4 Å². The van der Waals surface area contributed by atoms with Crippen LogP contribution in [-0.4, -0.2) is 49.0 Å². The Morgan fingerprint density at radius 3 is 2.78 bits per heavy atom. The SMILES string of the molecule is COc1cc(=O)n(C)cc1C(=O)N[C@@H]1CC[C@@H]2OCCO[C@H]2C1. The predicted octanol–water partition coefficient (Wildman–Crippen LogP) is 0.460. The van der Waals surface area contributed by atoms with Gasteiger partial charge < -0.3 is 24.1 Å². The molecule has 0 bridgehead atoms. The number of carbonyl (C=O) groups is 1. The van der Waals surface area contributed by atoms with Gasteiger partial charge in [0.1, 0.15) is 5.75 Å². The first kappa shape index (κ1) is 16.0. The van der Waals surface area contributed by atoms with Crippen LogP contribution in [-0.2, 0) is 16.5 Å². The summed E-state index contributed by atoms with van der Waals surface area (Å²) in [5.41, 5.74) is 0.143. The van der Waals surface area contributed by atoms with Gasteiger partial charge in [-0.1, -0.05) is 0 Å². The number of hydrogen-bond donors (Lipinski definition) is 1. The van der Waals surface area contributed by atoms with E-state index in [1.165, 1.54) is 23.9 Å². The minimum absolute atomic E-state index is 0.0346. The van der Waals surface area contributed by atoms with Gasteiger partial charge in [-0.25, -0.2) is 0 Å². The number of amides is 1. The summed E-state index contributed by atoms with van der Waals surface area (Å²) >= 11 is 0. The number of pyridine rings is 1. The highest BCUT2D eigenvalue weighted by molar-refractivity contribution is 5.96. The summed E-state index contributed by atoms with van der Waals surface area (Å²) in [5.74, 6) is 0.0502. The maximum Gasteiger partial charge on any atom is 0.256 e. The van der Waals surface area contributed by atoms with Gasteiger partial charge in [-0.3, -0.25) is 9.59 Å². The molecule has 2 aliphatic rings. The lowest BCUT2D eigenvalue weighted by atomic mass is 9.89. The zero-order valence-corrected chi connectivity index (χ0v) is 13.4. The Hall–Kier alpha value is -1.86. The van der Waals surface area contributed by atoms with E-state index >= 15 is 0 Å². The number of aromatic nitrogens is 1. The van der Waals surface area contributed by atoms with Crippen molar-refractivity contribution in [3.63, 3.8) is 0 Å². The van der Waals surface area contributed by atoms with E-state index in [1.54, 1.807) is 7.05 Å². The molecular weight excluding hydrogens is 300 g/mol. The maximum atomic E-state index is 12.5. The largest absolute Gasteiger partial charge is 0.496 e. The Bertz CT molecular complexity index is 642. The van der Waals surface area contributed by atoms with Crippen LogP contribution in [0.15, 0.2) is 17.1 Å². The third-order valence-corrected chi connectivity index (χ3v) is 4.47. The van der Waals surface area contributed by atoms with E-state index in [1.807, 2.05) is 0 Å². The van der Waals surface area contributed by atoms with Crippen molar-refractivity contribution in [1.82, 2.24) is 9.88 Å². The third kappa shape index (κ3) is 3.40. The number of fused-ring (bicyclic) bond motifs is 1. The van der Waals surface area contributed by atoms with Gasteiger partial charge in [0.05, 0.1) is 38.1 Å². The smallest absolute Gasteiger partial charge is 0.256 e. The quantitative estimate of drug-likeness (QED) is 0.875. The molecule has 7 nitrogen and oxygen atoms in total. The van der Waals surface area contributed by atoms with Gasteiger partial charge >= 0.3 is 0 Å². The summed E-state index contributed by atoms with van der Waals surface area (Å²) in [7, 11) is 3.06. The number of nitrogens with zero attached hydrogens (tertiary/aromatic N) is 1. The van der Waals surface area contributed by atoms with E-state index < -0.39 is 0 Å². The number of aryl methyl sites for hydroxylation is 1. The van der Waals surface area contributed by atoms with E-state index in [0.717, 1.165) is 19.3 Å². The molecule has 3 rings (SSSR count).